The molecule has 0 bridgehead atoms. The molecule has 1 heterocycles. The SMILES string of the molecule is Cc1ccc(/C=C2\CN(C3CC3)C/C(=C\c3ccc(C)cc3)C2=O)cc1. The van der Waals surface area contributed by atoms with Gasteiger partial charge in [-0.05, 0) is 50.0 Å². The van der Waals surface area contributed by atoms with Crippen molar-refractivity contribution < 1.29 is 4.79 Å². The summed E-state index contributed by atoms with van der Waals surface area (Å²) in [6.07, 6.45) is 6.65. The van der Waals surface area contributed by atoms with E-state index in [2.05, 4.69) is 79.4 Å². The molecule has 0 N–H and O–H groups in total. The number of rotatable bonds is 3. The average Bonchev–Trinajstić information content (AvgIpc) is 3.47. The third kappa shape index (κ3) is 3.86. The molecular formula is C24H25NO. The summed E-state index contributed by atoms with van der Waals surface area (Å²) in [5, 5.41) is 0. The van der Waals surface area contributed by atoms with Crippen LogP contribution in [0.1, 0.15) is 35.1 Å². The second-order valence-electron chi connectivity index (χ2n) is 7.63. The van der Waals surface area contributed by atoms with Gasteiger partial charge in [0.1, 0.15) is 0 Å². The van der Waals surface area contributed by atoms with Gasteiger partial charge in [0, 0.05) is 30.3 Å². The Morgan fingerprint density at radius 3 is 1.58 bits per heavy atom. The summed E-state index contributed by atoms with van der Waals surface area (Å²) < 4.78 is 0. The van der Waals surface area contributed by atoms with E-state index in [-0.39, 0.29) is 5.78 Å². The van der Waals surface area contributed by atoms with E-state index in [4.69, 9.17) is 0 Å². The number of hydrogen-bond acceptors (Lipinski definition) is 2. The number of benzene rings is 2. The van der Waals surface area contributed by atoms with Crippen molar-refractivity contribution in [2.75, 3.05) is 13.1 Å². The van der Waals surface area contributed by atoms with E-state index in [0.717, 1.165) is 35.4 Å². The van der Waals surface area contributed by atoms with Crippen LogP contribution in [0.5, 0.6) is 0 Å². The van der Waals surface area contributed by atoms with Crippen LogP contribution < -0.4 is 0 Å². The Balaban J connectivity index is 1.66. The van der Waals surface area contributed by atoms with Crippen molar-refractivity contribution in [2.45, 2.75) is 32.7 Å². The van der Waals surface area contributed by atoms with Crippen molar-refractivity contribution in [1.29, 1.82) is 0 Å². The quantitative estimate of drug-likeness (QED) is 0.745. The maximum absolute atomic E-state index is 13.1. The van der Waals surface area contributed by atoms with Crippen LogP contribution in [-0.4, -0.2) is 29.8 Å². The first-order valence-electron chi connectivity index (χ1n) is 9.42. The zero-order valence-corrected chi connectivity index (χ0v) is 15.5. The fraction of sp³-hybridized carbons (Fsp3) is 0.292. The molecule has 0 aromatic heterocycles. The first-order valence-corrected chi connectivity index (χ1v) is 9.42. The second kappa shape index (κ2) is 7.05. The fourth-order valence-corrected chi connectivity index (χ4v) is 3.49. The van der Waals surface area contributed by atoms with Crippen LogP contribution in [0.15, 0.2) is 59.7 Å². The lowest BCUT2D eigenvalue weighted by Crippen LogP contribution is -2.39. The van der Waals surface area contributed by atoms with Gasteiger partial charge < -0.3 is 0 Å². The number of hydrogen-bond donors (Lipinski definition) is 0. The molecule has 0 atom stereocenters. The molecule has 4 rings (SSSR count). The van der Waals surface area contributed by atoms with Crippen molar-refractivity contribution in [3.05, 3.63) is 81.9 Å². The molecular weight excluding hydrogens is 318 g/mol. The largest absolute Gasteiger partial charge is 0.292 e. The summed E-state index contributed by atoms with van der Waals surface area (Å²) in [5.41, 5.74) is 6.50. The van der Waals surface area contributed by atoms with Crippen molar-refractivity contribution in [2.24, 2.45) is 0 Å². The van der Waals surface area contributed by atoms with Crippen molar-refractivity contribution in [3.8, 4) is 0 Å². The number of likely N-dealkylation sites (tertiary alicyclic amines) is 1. The first kappa shape index (κ1) is 17.0. The summed E-state index contributed by atoms with van der Waals surface area (Å²) in [6, 6.07) is 17.4. The summed E-state index contributed by atoms with van der Waals surface area (Å²) in [5.74, 6) is 0.197. The molecule has 2 heteroatoms. The number of Topliss-reactive ketones (excluding diaryl/α,β-unsaturated/α-hetero) is 1. The van der Waals surface area contributed by atoms with Crippen LogP contribution in [0.25, 0.3) is 12.2 Å². The molecule has 2 aliphatic rings. The van der Waals surface area contributed by atoms with E-state index in [1.807, 2.05) is 0 Å². The standard InChI is InChI=1S/C24H25NO/c1-17-3-7-19(8-4-17)13-21-15-25(23-11-12-23)16-22(24(21)26)14-20-9-5-18(2)6-10-20/h3-10,13-14,23H,11-12,15-16H2,1-2H3/b21-13+,22-14+. The molecule has 1 saturated heterocycles. The summed E-state index contributed by atoms with van der Waals surface area (Å²) in [7, 11) is 0. The maximum atomic E-state index is 13.1. The predicted octanol–water partition coefficient (Wildman–Crippen LogP) is 4.82. The molecule has 0 spiro atoms. The third-order valence-corrected chi connectivity index (χ3v) is 5.23. The van der Waals surface area contributed by atoms with Gasteiger partial charge in [0.05, 0.1) is 0 Å². The Hall–Kier alpha value is -2.45. The van der Waals surface area contributed by atoms with E-state index in [1.165, 1.54) is 24.0 Å². The number of piperidine rings is 1. The Labute approximate surface area is 155 Å². The van der Waals surface area contributed by atoms with E-state index < -0.39 is 0 Å². The molecule has 2 fully saturated rings. The van der Waals surface area contributed by atoms with Gasteiger partial charge >= 0.3 is 0 Å². The zero-order valence-electron chi connectivity index (χ0n) is 15.5. The summed E-state index contributed by atoms with van der Waals surface area (Å²) >= 11 is 0. The third-order valence-electron chi connectivity index (χ3n) is 5.23. The molecule has 132 valence electrons. The molecule has 0 unspecified atom stereocenters. The monoisotopic (exact) mass is 343 g/mol. The molecule has 2 nitrogen and oxygen atoms in total. The molecule has 0 amide bonds. The average molecular weight is 343 g/mol. The van der Waals surface area contributed by atoms with Gasteiger partial charge in [-0.15, -0.1) is 0 Å². The van der Waals surface area contributed by atoms with E-state index in [1.54, 1.807) is 0 Å². The van der Waals surface area contributed by atoms with Crippen LogP contribution in [0.2, 0.25) is 0 Å². The number of carbonyl (C=O) groups excluding carboxylic acids is 1. The molecule has 1 saturated carbocycles. The van der Waals surface area contributed by atoms with Gasteiger partial charge in [0.2, 0.25) is 0 Å². The maximum Gasteiger partial charge on any atom is 0.187 e. The molecule has 1 aliphatic carbocycles. The van der Waals surface area contributed by atoms with Crippen LogP contribution in [0.4, 0.5) is 0 Å². The number of carbonyl (C=O) groups is 1. The molecule has 2 aromatic rings. The topological polar surface area (TPSA) is 20.3 Å². The fourth-order valence-electron chi connectivity index (χ4n) is 3.49. The highest BCUT2D eigenvalue weighted by atomic mass is 16.1. The van der Waals surface area contributed by atoms with Gasteiger partial charge in [-0.2, -0.15) is 0 Å². The van der Waals surface area contributed by atoms with Crippen molar-refractivity contribution in [3.63, 3.8) is 0 Å². The lowest BCUT2D eigenvalue weighted by molar-refractivity contribution is -0.113. The molecule has 0 radical (unpaired) electrons. The Morgan fingerprint density at radius 2 is 1.19 bits per heavy atom. The number of ketones is 1. The van der Waals surface area contributed by atoms with Crippen molar-refractivity contribution in [1.82, 2.24) is 4.90 Å². The minimum absolute atomic E-state index is 0.197. The van der Waals surface area contributed by atoms with Crippen molar-refractivity contribution >= 4 is 17.9 Å². The van der Waals surface area contributed by atoms with Crippen LogP contribution in [-0.2, 0) is 4.79 Å². The van der Waals surface area contributed by atoms with Gasteiger partial charge in [-0.3, -0.25) is 9.69 Å². The molecule has 26 heavy (non-hydrogen) atoms. The van der Waals surface area contributed by atoms with E-state index in [0.29, 0.717) is 6.04 Å². The lowest BCUT2D eigenvalue weighted by Gasteiger charge is -2.29. The second-order valence-corrected chi connectivity index (χ2v) is 7.63. The normalized spacial score (nSPS) is 21.5. The lowest BCUT2D eigenvalue weighted by atomic mass is 9.94. The Kier molecular flexibility index (Phi) is 4.60. The smallest absolute Gasteiger partial charge is 0.187 e. The molecule has 1 aliphatic heterocycles. The zero-order chi connectivity index (χ0) is 18.1. The van der Waals surface area contributed by atoms with Gasteiger partial charge in [0.15, 0.2) is 5.78 Å². The van der Waals surface area contributed by atoms with Gasteiger partial charge in [0.25, 0.3) is 0 Å². The van der Waals surface area contributed by atoms with Crippen LogP contribution >= 0.6 is 0 Å². The highest BCUT2D eigenvalue weighted by Gasteiger charge is 2.35. The summed E-state index contributed by atoms with van der Waals surface area (Å²) in [6.45, 7) is 5.70. The van der Waals surface area contributed by atoms with E-state index >= 15 is 0 Å². The van der Waals surface area contributed by atoms with Crippen LogP contribution in [0.3, 0.4) is 0 Å². The van der Waals surface area contributed by atoms with E-state index in [9.17, 15) is 4.79 Å². The van der Waals surface area contributed by atoms with Crippen LogP contribution in [0, 0.1) is 13.8 Å². The highest BCUT2D eigenvalue weighted by molar-refractivity contribution is 6.14. The summed E-state index contributed by atoms with van der Waals surface area (Å²) in [4.78, 5) is 15.6. The first-order chi connectivity index (χ1) is 12.6. The predicted molar refractivity (Wildman–Crippen MR) is 108 cm³/mol. The number of aryl methyl sites for hydroxylation is 2. The minimum Gasteiger partial charge on any atom is -0.292 e. The van der Waals surface area contributed by atoms with Gasteiger partial charge in [-0.25, -0.2) is 0 Å². The Morgan fingerprint density at radius 1 is 0.769 bits per heavy atom. The molecule has 2 aromatic carbocycles. The number of nitrogens with zero attached hydrogens (tertiary/aromatic N) is 1. The minimum atomic E-state index is 0.197. The van der Waals surface area contributed by atoms with Gasteiger partial charge in [-0.1, -0.05) is 59.7 Å². The highest BCUT2D eigenvalue weighted by Crippen LogP contribution is 2.32. The Bertz CT molecular complexity index is 800.